The third-order valence-electron chi connectivity index (χ3n) is 6.11. The highest BCUT2D eigenvalue weighted by molar-refractivity contribution is 7.91. The average Bonchev–Trinajstić information content (AvgIpc) is 3.17. The second kappa shape index (κ2) is 9.88. The summed E-state index contributed by atoms with van der Waals surface area (Å²) >= 11 is 12.5. The van der Waals surface area contributed by atoms with Crippen molar-refractivity contribution in [3.8, 4) is 5.75 Å². The number of aromatic nitrogens is 1. The third-order valence-corrected chi connectivity index (χ3v) is 8.52. The largest absolute Gasteiger partial charge is 0.573 e. The van der Waals surface area contributed by atoms with Gasteiger partial charge in [-0.05, 0) is 60.7 Å². The molecule has 1 aliphatic rings. The molecule has 3 aromatic carbocycles. The zero-order chi connectivity index (χ0) is 27.2. The first kappa shape index (κ1) is 26.5. The first-order chi connectivity index (χ1) is 18.0. The third kappa shape index (κ3) is 4.98. The van der Waals surface area contributed by atoms with E-state index in [1.165, 1.54) is 25.4 Å². The predicted molar refractivity (Wildman–Crippen MR) is 140 cm³/mol. The summed E-state index contributed by atoms with van der Waals surface area (Å²) in [5, 5.41) is 14.2. The number of nitrogens with zero attached hydrogens (tertiary/aromatic N) is 2. The molecule has 5 rings (SSSR count). The Labute approximate surface area is 225 Å². The number of ether oxygens (including phenoxy) is 2. The second-order valence-corrected chi connectivity index (χ2v) is 11.4. The van der Waals surface area contributed by atoms with Gasteiger partial charge in [-0.2, -0.15) is 0 Å². The van der Waals surface area contributed by atoms with Crippen molar-refractivity contribution >= 4 is 54.9 Å². The second-order valence-electron chi connectivity index (χ2n) is 8.44. The van der Waals surface area contributed by atoms with Crippen molar-refractivity contribution in [2.24, 2.45) is 4.36 Å². The number of halogens is 5. The highest BCUT2D eigenvalue weighted by Crippen LogP contribution is 2.38. The van der Waals surface area contributed by atoms with Gasteiger partial charge in [0.1, 0.15) is 24.7 Å². The van der Waals surface area contributed by atoms with Crippen LogP contribution in [0.4, 0.5) is 13.2 Å². The fourth-order valence-corrected chi connectivity index (χ4v) is 6.21. The molecular formula is C25H20Cl2F3N3O4S. The van der Waals surface area contributed by atoms with E-state index in [4.69, 9.17) is 27.9 Å². The average molecular weight is 586 g/mol. The number of alkyl halides is 3. The van der Waals surface area contributed by atoms with Crippen LogP contribution in [0.3, 0.4) is 0 Å². The normalized spacial score (nSPS) is 19.5. The molecule has 1 aliphatic heterocycles. The maximum Gasteiger partial charge on any atom is 0.573 e. The Morgan fingerprint density at radius 2 is 1.63 bits per heavy atom. The first-order valence-corrected chi connectivity index (χ1v) is 13.4. The fourth-order valence-electron chi connectivity index (χ4n) is 4.46. The lowest BCUT2D eigenvalue weighted by molar-refractivity contribution is -0.274. The number of nitrogens with one attached hydrogen (secondary N) is 1. The lowest BCUT2D eigenvalue weighted by atomic mass is 10.1. The highest BCUT2D eigenvalue weighted by Gasteiger charge is 2.34. The number of rotatable bonds is 5. The molecule has 0 bridgehead atoms. The Balaban J connectivity index is 1.49. The van der Waals surface area contributed by atoms with Crippen molar-refractivity contribution in [2.45, 2.75) is 23.4 Å². The van der Waals surface area contributed by atoms with E-state index in [1.54, 1.807) is 12.1 Å². The van der Waals surface area contributed by atoms with Gasteiger partial charge < -0.3 is 19.1 Å². The van der Waals surface area contributed by atoms with E-state index in [1.807, 2.05) is 28.8 Å². The molecule has 0 saturated carbocycles. The summed E-state index contributed by atoms with van der Waals surface area (Å²) in [5.74, 6) is -0.467. The number of hydrogen-bond donors (Lipinski definition) is 2. The molecule has 3 atom stereocenters. The lowest BCUT2D eigenvalue weighted by Crippen LogP contribution is -2.39. The molecule has 1 unspecified atom stereocenters. The van der Waals surface area contributed by atoms with Crippen molar-refractivity contribution in [1.29, 1.82) is 0 Å². The molecule has 13 heteroatoms. The zero-order valence-corrected chi connectivity index (χ0v) is 21.9. The molecule has 0 saturated heterocycles. The van der Waals surface area contributed by atoms with Gasteiger partial charge in [-0.25, -0.2) is 8.57 Å². The maximum absolute atomic E-state index is 13.7. The number of aliphatic hydroxyl groups is 1. The fraction of sp³-hybridized carbons (Fsp3) is 0.200. The van der Waals surface area contributed by atoms with Crippen LogP contribution in [0.5, 0.6) is 5.75 Å². The van der Waals surface area contributed by atoms with Crippen molar-refractivity contribution in [3.05, 3.63) is 82.7 Å². The summed E-state index contributed by atoms with van der Waals surface area (Å²) in [7, 11) is -2.11. The molecule has 1 aromatic heterocycles. The van der Waals surface area contributed by atoms with E-state index in [0.29, 0.717) is 10.0 Å². The maximum atomic E-state index is 13.7. The van der Waals surface area contributed by atoms with Crippen LogP contribution >= 0.6 is 23.2 Å². The Morgan fingerprint density at radius 1 is 1.05 bits per heavy atom. The van der Waals surface area contributed by atoms with Crippen LogP contribution in [0.2, 0.25) is 10.0 Å². The summed E-state index contributed by atoms with van der Waals surface area (Å²) in [4.78, 5) is 0.0888. The van der Waals surface area contributed by atoms with E-state index in [-0.39, 0.29) is 17.2 Å². The van der Waals surface area contributed by atoms with E-state index in [9.17, 15) is 22.5 Å². The molecule has 0 aliphatic carbocycles. The van der Waals surface area contributed by atoms with Crippen LogP contribution < -0.4 is 9.46 Å². The van der Waals surface area contributed by atoms with Gasteiger partial charge >= 0.3 is 6.36 Å². The molecule has 2 heterocycles. The minimum Gasteiger partial charge on any atom is -0.497 e. The van der Waals surface area contributed by atoms with E-state index in [2.05, 4.69) is 13.8 Å². The van der Waals surface area contributed by atoms with Crippen LogP contribution in [0.15, 0.2) is 81.9 Å². The molecule has 0 amide bonds. The quantitative estimate of drug-likeness (QED) is 0.282. The van der Waals surface area contributed by atoms with Crippen molar-refractivity contribution in [1.82, 2.24) is 9.29 Å². The van der Waals surface area contributed by atoms with Crippen LogP contribution in [-0.2, 0) is 14.7 Å². The molecule has 200 valence electrons. The summed E-state index contributed by atoms with van der Waals surface area (Å²) in [6.07, 6.45) is -4.80. The highest BCUT2D eigenvalue weighted by atomic mass is 35.5. The summed E-state index contributed by atoms with van der Waals surface area (Å²) in [5.41, 5.74) is 1.65. The molecule has 38 heavy (non-hydrogen) atoms. The van der Waals surface area contributed by atoms with Crippen LogP contribution in [0, 0.1) is 0 Å². The van der Waals surface area contributed by atoms with Gasteiger partial charge in [0.25, 0.3) is 0 Å². The Bertz CT molecular complexity index is 1620. The monoisotopic (exact) mass is 585 g/mol. The number of fused-ring (bicyclic) bond motifs is 3. The SMILES string of the molecule is CN=S(=O)(NC1=COC[C@H](n2c3ccc(Cl)cc3c3cc(Cl)ccc32)[C@H]1O)c1ccc(OC(F)(F)F)cc1. The van der Waals surface area contributed by atoms with Crippen LogP contribution in [-0.4, -0.2) is 40.0 Å². The summed E-state index contributed by atoms with van der Waals surface area (Å²) < 4.78 is 69.3. The molecule has 0 spiro atoms. The van der Waals surface area contributed by atoms with Gasteiger partial charge in [-0.1, -0.05) is 23.2 Å². The Morgan fingerprint density at radius 3 is 2.16 bits per heavy atom. The van der Waals surface area contributed by atoms with Gasteiger partial charge in [-0.15, -0.1) is 13.2 Å². The zero-order valence-electron chi connectivity index (χ0n) is 19.6. The standard InChI is InChI=1S/C25H20Cl2F3N3O4S/c1-31-38(35,17-6-4-16(5-7-17)37-25(28,29)30)32-20-12-36-13-23(24(20)34)33-21-8-2-14(26)10-18(21)19-11-15(27)3-9-22(19)33/h2-12,23-24,34H,13H2,1H3,(H,31,32,35)/t23-,24-,38?/m0/s1. The van der Waals surface area contributed by atoms with Gasteiger partial charge in [0, 0.05) is 38.9 Å². The predicted octanol–water partition coefficient (Wildman–Crippen LogP) is 6.44. The first-order valence-electron chi connectivity index (χ1n) is 11.2. The van der Waals surface area contributed by atoms with Crippen molar-refractivity contribution < 1.29 is 32.0 Å². The number of aliphatic hydroxyl groups excluding tert-OH is 1. The summed E-state index contributed by atoms with van der Waals surface area (Å²) in [6, 6.07) is 14.6. The lowest BCUT2D eigenvalue weighted by Gasteiger charge is -2.32. The topological polar surface area (TPSA) is 85.1 Å². The molecule has 0 radical (unpaired) electrons. The van der Waals surface area contributed by atoms with E-state index in [0.717, 1.165) is 33.9 Å². The number of hydrogen-bond acceptors (Lipinski definition) is 5. The van der Waals surface area contributed by atoms with Crippen LogP contribution in [0.1, 0.15) is 6.04 Å². The number of benzene rings is 3. The smallest absolute Gasteiger partial charge is 0.497 e. The van der Waals surface area contributed by atoms with Gasteiger partial charge in [0.2, 0.25) is 0 Å². The molecule has 7 nitrogen and oxygen atoms in total. The minimum atomic E-state index is -4.86. The Hall–Kier alpha value is -3.12. The van der Waals surface area contributed by atoms with Crippen molar-refractivity contribution in [2.75, 3.05) is 13.7 Å². The minimum absolute atomic E-state index is 0.0883. The molecule has 4 aromatic rings. The molecule has 2 N–H and O–H groups in total. The van der Waals surface area contributed by atoms with E-state index < -0.39 is 34.2 Å². The summed E-state index contributed by atoms with van der Waals surface area (Å²) in [6.45, 7) is 0.102. The molecular weight excluding hydrogens is 566 g/mol. The van der Waals surface area contributed by atoms with Crippen LogP contribution in [0.25, 0.3) is 21.8 Å². The molecule has 0 fully saturated rings. The van der Waals surface area contributed by atoms with E-state index >= 15 is 0 Å². The van der Waals surface area contributed by atoms with Gasteiger partial charge in [0.05, 0.1) is 16.6 Å². The van der Waals surface area contributed by atoms with Gasteiger partial charge in [-0.3, -0.25) is 4.72 Å². The van der Waals surface area contributed by atoms with Gasteiger partial charge in [0.15, 0.2) is 9.92 Å². The Kier molecular flexibility index (Phi) is 6.89. The van der Waals surface area contributed by atoms with Crippen molar-refractivity contribution in [3.63, 3.8) is 0 Å².